The first-order chi connectivity index (χ1) is 6.24. The Bertz CT molecular complexity index is 249. The van der Waals surface area contributed by atoms with E-state index in [-0.39, 0.29) is 4.83 Å². The summed E-state index contributed by atoms with van der Waals surface area (Å²) in [5.41, 5.74) is 0.955. The summed E-state index contributed by atoms with van der Waals surface area (Å²) in [6, 6.07) is 0. The van der Waals surface area contributed by atoms with Gasteiger partial charge in [-0.05, 0) is 13.8 Å². The molecule has 1 rings (SSSR count). The Morgan fingerprint density at radius 1 is 1.69 bits per heavy atom. The maximum atomic E-state index is 5.21. The molecule has 1 atom stereocenters. The topological polar surface area (TPSA) is 39.9 Å². The fourth-order valence-corrected chi connectivity index (χ4v) is 1.12. The SMILES string of the molecule is CCOCCn1cc(C(C)Br)nn1. The molecule has 0 amide bonds. The summed E-state index contributed by atoms with van der Waals surface area (Å²) in [5.74, 6) is 0. The van der Waals surface area contributed by atoms with E-state index < -0.39 is 0 Å². The van der Waals surface area contributed by atoms with Gasteiger partial charge in [-0.3, -0.25) is 0 Å². The minimum absolute atomic E-state index is 0.258. The van der Waals surface area contributed by atoms with Gasteiger partial charge in [0.05, 0.1) is 23.7 Å². The zero-order valence-corrected chi connectivity index (χ0v) is 9.49. The van der Waals surface area contributed by atoms with E-state index >= 15 is 0 Å². The van der Waals surface area contributed by atoms with Crippen molar-refractivity contribution in [2.24, 2.45) is 0 Å². The van der Waals surface area contributed by atoms with E-state index in [0.29, 0.717) is 6.61 Å². The van der Waals surface area contributed by atoms with Crippen LogP contribution in [0.3, 0.4) is 0 Å². The standard InChI is InChI=1S/C8H14BrN3O/c1-3-13-5-4-12-6-8(7(2)9)10-11-12/h6-7H,3-5H2,1-2H3. The summed E-state index contributed by atoms with van der Waals surface area (Å²) in [4.78, 5) is 0.258. The first-order valence-electron chi connectivity index (χ1n) is 4.36. The lowest BCUT2D eigenvalue weighted by atomic mass is 10.4. The van der Waals surface area contributed by atoms with Crippen LogP contribution in [0.5, 0.6) is 0 Å². The lowest BCUT2D eigenvalue weighted by Gasteiger charge is -1.99. The molecule has 0 aliphatic carbocycles. The quantitative estimate of drug-likeness (QED) is 0.589. The van der Waals surface area contributed by atoms with Crippen molar-refractivity contribution in [2.45, 2.75) is 25.2 Å². The Morgan fingerprint density at radius 3 is 3.00 bits per heavy atom. The second-order valence-corrected chi connectivity index (χ2v) is 4.09. The van der Waals surface area contributed by atoms with Crippen molar-refractivity contribution in [1.29, 1.82) is 0 Å². The van der Waals surface area contributed by atoms with E-state index in [1.807, 2.05) is 20.0 Å². The Kier molecular flexibility index (Phi) is 4.38. The van der Waals surface area contributed by atoms with E-state index in [1.165, 1.54) is 0 Å². The molecule has 0 saturated carbocycles. The van der Waals surface area contributed by atoms with Gasteiger partial charge in [0.25, 0.3) is 0 Å². The molecule has 5 heteroatoms. The van der Waals surface area contributed by atoms with Crippen LogP contribution in [0.1, 0.15) is 24.4 Å². The molecule has 0 spiro atoms. The van der Waals surface area contributed by atoms with E-state index in [9.17, 15) is 0 Å². The van der Waals surface area contributed by atoms with Crippen LogP contribution in [-0.4, -0.2) is 28.2 Å². The second-order valence-electron chi connectivity index (χ2n) is 2.72. The summed E-state index contributed by atoms with van der Waals surface area (Å²) in [7, 11) is 0. The minimum atomic E-state index is 0.258. The van der Waals surface area contributed by atoms with Gasteiger partial charge in [0, 0.05) is 12.8 Å². The van der Waals surface area contributed by atoms with Crippen LogP contribution in [0, 0.1) is 0 Å². The molecule has 4 nitrogen and oxygen atoms in total. The normalized spacial score (nSPS) is 13.2. The van der Waals surface area contributed by atoms with Crippen LogP contribution in [0.4, 0.5) is 0 Å². The number of alkyl halides is 1. The van der Waals surface area contributed by atoms with Gasteiger partial charge in [-0.25, -0.2) is 4.68 Å². The second kappa shape index (κ2) is 5.34. The van der Waals surface area contributed by atoms with Crippen molar-refractivity contribution < 1.29 is 4.74 Å². The smallest absolute Gasteiger partial charge is 0.0960 e. The van der Waals surface area contributed by atoms with Gasteiger partial charge in [0.1, 0.15) is 0 Å². The van der Waals surface area contributed by atoms with E-state index in [2.05, 4.69) is 26.2 Å². The van der Waals surface area contributed by atoms with Crippen molar-refractivity contribution in [3.8, 4) is 0 Å². The van der Waals surface area contributed by atoms with Crippen molar-refractivity contribution >= 4 is 15.9 Å². The third kappa shape index (κ3) is 3.44. The highest BCUT2D eigenvalue weighted by molar-refractivity contribution is 9.09. The Hall–Kier alpha value is -0.420. The molecule has 0 N–H and O–H groups in total. The summed E-state index contributed by atoms with van der Waals surface area (Å²) < 4.78 is 7.00. The fraction of sp³-hybridized carbons (Fsp3) is 0.750. The van der Waals surface area contributed by atoms with E-state index in [1.54, 1.807) is 4.68 Å². The number of hydrogen-bond donors (Lipinski definition) is 0. The van der Waals surface area contributed by atoms with Crippen molar-refractivity contribution in [1.82, 2.24) is 15.0 Å². The van der Waals surface area contributed by atoms with Crippen LogP contribution in [0.2, 0.25) is 0 Å². The highest BCUT2D eigenvalue weighted by Crippen LogP contribution is 2.17. The molecular weight excluding hydrogens is 234 g/mol. The molecular formula is C8H14BrN3O. The first kappa shape index (κ1) is 10.7. The van der Waals surface area contributed by atoms with Crippen LogP contribution in [0.15, 0.2) is 6.20 Å². The molecule has 0 aromatic carbocycles. The first-order valence-corrected chi connectivity index (χ1v) is 5.27. The third-order valence-electron chi connectivity index (χ3n) is 1.63. The largest absolute Gasteiger partial charge is 0.380 e. The van der Waals surface area contributed by atoms with Gasteiger partial charge in [0.2, 0.25) is 0 Å². The van der Waals surface area contributed by atoms with Crippen LogP contribution in [-0.2, 0) is 11.3 Å². The number of halogens is 1. The van der Waals surface area contributed by atoms with E-state index in [4.69, 9.17) is 4.74 Å². The van der Waals surface area contributed by atoms with Gasteiger partial charge in [-0.1, -0.05) is 21.1 Å². The van der Waals surface area contributed by atoms with Gasteiger partial charge >= 0.3 is 0 Å². The summed E-state index contributed by atoms with van der Waals surface area (Å²) in [6.07, 6.45) is 1.93. The maximum absolute atomic E-state index is 5.21. The van der Waals surface area contributed by atoms with Gasteiger partial charge in [0.15, 0.2) is 0 Å². The highest BCUT2D eigenvalue weighted by atomic mass is 79.9. The molecule has 1 heterocycles. The summed E-state index contributed by atoms with van der Waals surface area (Å²) in [6.45, 7) is 6.21. The number of nitrogens with zero attached hydrogens (tertiary/aromatic N) is 3. The van der Waals surface area contributed by atoms with Crippen LogP contribution >= 0.6 is 15.9 Å². The summed E-state index contributed by atoms with van der Waals surface area (Å²) >= 11 is 3.43. The minimum Gasteiger partial charge on any atom is -0.380 e. The number of hydrogen-bond acceptors (Lipinski definition) is 3. The lowest BCUT2D eigenvalue weighted by Crippen LogP contribution is -2.06. The molecule has 0 aliphatic rings. The van der Waals surface area contributed by atoms with Crippen LogP contribution in [0.25, 0.3) is 0 Å². The third-order valence-corrected chi connectivity index (χ3v) is 2.10. The highest BCUT2D eigenvalue weighted by Gasteiger charge is 2.05. The molecule has 1 unspecified atom stereocenters. The van der Waals surface area contributed by atoms with Gasteiger partial charge in [-0.2, -0.15) is 0 Å². The molecule has 74 valence electrons. The molecule has 0 fully saturated rings. The number of rotatable bonds is 5. The average Bonchev–Trinajstić information content (AvgIpc) is 2.53. The monoisotopic (exact) mass is 247 g/mol. The predicted molar refractivity (Wildman–Crippen MR) is 53.9 cm³/mol. The van der Waals surface area contributed by atoms with Gasteiger partial charge in [-0.15, -0.1) is 5.10 Å². The van der Waals surface area contributed by atoms with E-state index in [0.717, 1.165) is 18.8 Å². The predicted octanol–water partition coefficient (Wildman–Crippen LogP) is 1.77. The summed E-state index contributed by atoms with van der Waals surface area (Å²) in [5, 5.41) is 7.97. The van der Waals surface area contributed by atoms with Crippen molar-refractivity contribution in [2.75, 3.05) is 13.2 Å². The van der Waals surface area contributed by atoms with Gasteiger partial charge < -0.3 is 4.74 Å². The number of aromatic nitrogens is 3. The zero-order valence-electron chi connectivity index (χ0n) is 7.90. The number of ether oxygens (including phenoxy) is 1. The molecule has 0 bridgehead atoms. The molecule has 0 radical (unpaired) electrons. The molecule has 0 saturated heterocycles. The molecule has 1 aromatic rings. The van der Waals surface area contributed by atoms with Crippen molar-refractivity contribution in [3.05, 3.63) is 11.9 Å². The maximum Gasteiger partial charge on any atom is 0.0960 e. The average molecular weight is 248 g/mol. The Morgan fingerprint density at radius 2 is 2.46 bits per heavy atom. The molecule has 0 aliphatic heterocycles. The molecule has 13 heavy (non-hydrogen) atoms. The van der Waals surface area contributed by atoms with Crippen LogP contribution < -0.4 is 0 Å². The lowest BCUT2D eigenvalue weighted by molar-refractivity contribution is 0.136. The Balaban J connectivity index is 2.40. The Labute approximate surface area is 86.4 Å². The van der Waals surface area contributed by atoms with Crippen molar-refractivity contribution in [3.63, 3.8) is 0 Å². The zero-order chi connectivity index (χ0) is 9.68. The fourth-order valence-electron chi connectivity index (χ4n) is 0.907. The molecule has 1 aromatic heterocycles.